The van der Waals surface area contributed by atoms with Crippen molar-refractivity contribution < 1.29 is 9.53 Å². The maximum Gasteiger partial charge on any atom is 0.227 e. The van der Waals surface area contributed by atoms with Crippen molar-refractivity contribution >= 4 is 18.3 Å². The van der Waals surface area contributed by atoms with E-state index in [9.17, 15) is 4.79 Å². The van der Waals surface area contributed by atoms with Crippen LogP contribution in [0.4, 0.5) is 0 Å². The predicted octanol–water partition coefficient (Wildman–Crippen LogP) is 1.42. The third-order valence-corrected chi connectivity index (χ3v) is 3.56. The van der Waals surface area contributed by atoms with E-state index in [1.165, 1.54) is 0 Å². The Bertz CT molecular complexity index is 247. The first-order chi connectivity index (χ1) is 7.49. The fourth-order valence-electron chi connectivity index (χ4n) is 2.37. The highest BCUT2D eigenvalue weighted by Gasteiger charge is 2.38. The first kappa shape index (κ1) is 16.7. The molecule has 102 valence electrons. The second kappa shape index (κ2) is 7.19. The highest BCUT2D eigenvalue weighted by atomic mass is 35.5. The molecule has 5 heteroatoms. The van der Waals surface area contributed by atoms with Crippen molar-refractivity contribution in [1.29, 1.82) is 0 Å². The molecular formula is C12H25ClN2O2. The topological polar surface area (TPSA) is 55.6 Å². The van der Waals surface area contributed by atoms with E-state index in [1.54, 1.807) is 12.0 Å². The van der Waals surface area contributed by atoms with Crippen LogP contribution in [0.15, 0.2) is 0 Å². The van der Waals surface area contributed by atoms with Crippen LogP contribution in [0.5, 0.6) is 0 Å². The molecule has 0 saturated heterocycles. The Balaban J connectivity index is 0.00000256. The summed E-state index contributed by atoms with van der Waals surface area (Å²) in [6, 6.07) is 0. The normalized spacial score (nSPS) is 28.4. The van der Waals surface area contributed by atoms with Crippen LogP contribution >= 0.6 is 12.4 Å². The summed E-state index contributed by atoms with van der Waals surface area (Å²) in [4.78, 5) is 14.0. The molecule has 0 spiro atoms. The molecule has 0 aromatic carbocycles. The van der Waals surface area contributed by atoms with Gasteiger partial charge in [0.25, 0.3) is 0 Å². The Kier molecular flexibility index (Phi) is 7.05. The van der Waals surface area contributed by atoms with Gasteiger partial charge in [-0.3, -0.25) is 4.79 Å². The van der Waals surface area contributed by atoms with Crippen molar-refractivity contribution in [3.63, 3.8) is 0 Å². The molecule has 1 aliphatic rings. The lowest BCUT2D eigenvalue weighted by Gasteiger charge is -2.39. The highest BCUT2D eigenvalue weighted by molar-refractivity contribution is 5.85. The minimum absolute atomic E-state index is 0. The number of nitrogens with two attached hydrogens (primary N) is 1. The van der Waals surface area contributed by atoms with Crippen LogP contribution in [0.3, 0.4) is 0 Å². The van der Waals surface area contributed by atoms with Crippen molar-refractivity contribution in [1.82, 2.24) is 4.90 Å². The van der Waals surface area contributed by atoms with Crippen molar-refractivity contribution in [3.05, 3.63) is 0 Å². The second-order valence-corrected chi connectivity index (χ2v) is 5.06. The van der Waals surface area contributed by atoms with Gasteiger partial charge in [0.05, 0.1) is 12.5 Å². The zero-order chi connectivity index (χ0) is 12.2. The fourth-order valence-corrected chi connectivity index (χ4v) is 2.37. The third kappa shape index (κ3) is 4.45. The van der Waals surface area contributed by atoms with Gasteiger partial charge in [0.1, 0.15) is 0 Å². The molecular weight excluding hydrogens is 240 g/mol. The van der Waals surface area contributed by atoms with E-state index in [0.29, 0.717) is 13.2 Å². The Labute approximate surface area is 110 Å². The lowest BCUT2D eigenvalue weighted by Crippen LogP contribution is -2.53. The zero-order valence-electron chi connectivity index (χ0n) is 11.1. The molecule has 0 radical (unpaired) electrons. The van der Waals surface area contributed by atoms with Crippen LogP contribution in [-0.4, -0.2) is 43.7 Å². The number of carbonyl (C=O) groups excluding carboxylic acids is 1. The van der Waals surface area contributed by atoms with Crippen molar-refractivity contribution in [2.24, 2.45) is 11.7 Å². The minimum Gasteiger partial charge on any atom is -0.383 e. The maximum atomic E-state index is 12.2. The molecule has 1 rings (SSSR count). The van der Waals surface area contributed by atoms with E-state index in [1.807, 2.05) is 14.0 Å². The molecule has 0 heterocycles. The van der Waals surface area contributed by atoms with Gasteiger partial charge >= 0.3 is 0 Å². The number of methoxy groups -OCH3 is 1. The summed E-state index contributed by atoms with van der Waals surface area (Å²) in [6.45, 7) is 3.22. The molecule has 1 amide bonds. The van der Waals surface area contributed by atoms with Crippen LogP contribution in [-0.2, 0) is 9.53 Å². The van der Waals surface area contributed by atoms with E-state index >= 15 is 0 Å². The summed E-state index contributed by atoms with van der Waals surface area (Å²) in [5.41, 5.74) is 5.87. The SMILES string of the molecule is COCCN(C)C(=O)C1CCCCC1(C)N.Cl. The van der Waals surface area contributed by atoms with E-state index in [-0.39, 0.29) is 29.8 Å². The van der Waals surface area contributed by atoms with Gasteiger partial charge in [0.2, 0.25) is 5.91 Å². The predicted molar refractivity (Wildman–Crippen MR) is 71.3 cm³/mol. The zero-order valence-corrected chi connectivity index (χ0v) is 11.9. The van der Waals surface area contributed by atoms with Crippen LogP contribution in [0.2, 0.25) is 0 Å². The average molecular weight is 265 g/mol. The molecule has 2 atom stereocenters. The number of likely N-dealkylation sites (N-methyl/N-ethyl adjacent to an activating group) is 1. The molecule has 1 aliphatic carbocycles. The number of amides is 1. The van der Waals surface area contributed by atoms with E-state index < -0.39 is 0 Å². The lowest BCUT2D eigenvalue weighted by molar-refractivity contribution is -0.138. The molecule has 17 heavy (non-hydrogen) atoms. The summed E-state index contributed by atoms with van der Waals surface area (Å²) in [6.07, 6.45) is 4.12. The largest absolute Gasteiger partial charge is 0.383 e. The van der Waals surface area contributed by atoms with E-state index in [4.69, 9.17) is 10.5 Å². The van der Waals surface area contributed by atoms with E-state index in [2.05, 4.69) is 0 Å². The number of ether oxygens (including phenoxy) is 1. The Morgan fingerprint density at radius 2 is 2.18 bits per heavy atom. The van der Waals surface area contributed by atoms with Crippen LogP contribution in [0.1, 0.15) is 32.6 Å². The second-order valence-electron chi connectivity index (χ2n) is 5.06. The van der Waals surface area contributed by atoms with Gasteiger partial charge in [-0.25, -0.2) is 0 Å². The maximum absolute atomic E-state index is 12.2. The van der Waals surface area contributed by atoms with Gasteiger partial charge in [0.15, 0.2) is 0 Å². The number of carbonyl (C=O) groups is 1. The minimum atomic E-state index is -0.337. The standard InChI is InChI=1S/C12H24N2O2.ClH/c1-12(13)7-5-4-6-10(12)11(15)14(2)8-9-16-3;/h10H,4-9,13H2,1-3H3;1H. The van der Waals surface area contributed by atoms with Gasteiger partial charge in [-0.15, -0.1) is 12.4 Å². The molecule has 2 N–H and O–H groups in total. The van der Waals surface area contributed by atoms with Gasteiger partial charge in [-0.2, -0.15) is 0 Å². The molecule has 1 fully saturated rings. The molecule has 4 nitrogen and oxygen atoms in total. The van der Waals surface area contributed by atoms with Crippen molar-refractivity contribution in [2.45, 2.75) is 38.1 Å². The lowest BCUT2D eigenvalue weighted by atomic mass is 9.74. The summed E-state index contributed by atoms with van der Waals surface area (Å²) >= 11 is 0. The number of halogens is 1. The Hall–Kier alpha value is -0.320. The smallest absolute Gasteiger partial charge is 0.227 e. The molecule has 0 aromatic heterocycles. The Morgan fingerprint density at radius 3 is 2.71 bits per heavy atom. The van der Waals surface area contributed by atoms with Crippen LogP contribution in [0, 0.1) is 5.92 Å². The molecule has 0 aromatic rings. The van der Waals surface area contributed by atoms with E-state index in [0.717, 1.165) is 25.7 Å². The average Bonchev–Trinajstić information content (AvgIpc) is 2.24. The summed E-state index contributed by atoms with van der Waals surface area (Å²) in [7, 11) is 3.47. The van der Waals surface area contributed by atoms with Gasteiger partial charge < -0.3 is 15.4 Å². The fraction of sp³-hybridized carbons (Fsp3) is 0.917. The first-order valence-corrected chi connectivity index (χ1v) is 6.02. The monoisotopic (exact) mass is 264 g/mol. The molecule has 0 bridgehead atoms. The van der Waals surface area contributed by atoms with Gasteiger partial charge in [-0.05, 0) is 19.8 Å². The molecule has 0 aliphatic heterocycles. The third-order valence-electron chi connectivity index (χ3n) is 3.56. The first-order valence-electron chi connectivity index (χ1n) is 6.02. The van der Waals surface area contributed by atoms with Crippen LogP contribution in [0.25, 0.3) is 0 Å². The van der Waals surface area contributed by atoms with Crippen molar-refractivity contribution in [2.75, 3.05) is 27.3 Å². The van der Waals surface area contributed by atoms with Gasteiger partial charge in [-0.1, -0.05) is 12.8 Å². The molecule has 1 saturated carbocycles. The van der Waals surface area contributed by atoms with Gasteiger partial charge in [0, 0.05) is 26.2 Å². The number of rotatable bonds is 4. The van der Waals surface area contributed by atoms with Crippen LogP contribution < -0.4 is 5.73 Å². The number of hydrogen-bond acceptors (Lipinski definition) is 3. The quantitative estimate of drug-likeness (QED) is 0.836. The summed E-state index contributed by atoms with van der Waals surface area (Å²) in [5.74, 6) is 0.143. The highest BCUT2D eigenvalue weighted by Crippen LogP contribution is 2.32. The Morgan fingerprint density at radius 1 is 1.53 bits per heavy atom. The molecule has 2 unspecified atom stereocenters. The number of hydrogen-bond donors (Lipinski definition) is 1. The summed E-state index contributed by atoms with van der Waals surface area (Å²) < 4.78 is 4.98. The summed E-state index contributed by atoms with van der Waals surface area (Å²) in [5, 5.41) is 0. The van der Waals surface area contributed by atoms with Crippen molar-refractivity contribution in [3.8, 4) is 0 Å². The number of nitrogens with zero attached hydrogens (tertiary/aromatic N) is 1.